The van der Waals surface area contributed by atoms with Gasteiger partial charge in [-0.15, -0.1) is 0 Å². The van der Waals surface area contributed by atoms with E-state index in [9.17, 15) is 9.59 Å². The van der Waals surface area contributed by atoms with Crippen LogP contribution in [0.5, 0.6) is 0 Å². The highest BCUT2D eigenvalue weighted by Crippen LogP contribution is 2.30. The largest absolute Gasteiger partial charge is 0.506 e. The van der Waals surface area contributed by atoms with Crippen LogP contribution in [0.3, 0.4) is 0 Å². The Morgan fingerprint density at radius 1 is 1.10 bits per heavy atom. The molecule has 0 spiro atoms. The fraction of sp³-hybridized carbons (Fsp3) is 0.176. The van der Waals surface area contributed by atoms with Crippen molar-refractivity contribution in [2.45, 2.75) is 19.4 Å². The average molecular weight is 284 g/mol. The van der Waals surface area contributed by atoms with E-state index in [-0.39, 0.29) is 0 Å². The molecule has 0 aliphatic carbocycles. The van der Waals surface area contributed by atoms with Crippen LogP contribution in [0.25, 0.3) is 11.1 Å². The van der Waals surface area contributed by atoms with Gasteiger partial charge in [-0.25, -0.2) is 4.79 Å². The van der Waals surface area contributed by atoms with Crippen LogP contribution in [0.15, 0.2) is 48.5 Å². The van der Waals surface area contributed by atoms with Crippen molar-refractivity contribution in [2.75, 3.05) is 0 Å². The zero-order chi connectivity index (χ0) is 15.5. The lowest BCUT2D eigenvalue weighted by molar-refractivity contribution is 0.000665. The third-order valence-corrected chi connectivity index (χ3v) is 3.28. The van der Waals surface area contributed by atoms with Crippen molar-refractivity contribution < 1.29 is 19.4 Å². The first-order valence-corrected chi connectivity index (χ1v) is 6.51. The van der Waals surface area contributed by atoms with Crippen LogP contribution in [0.1, 0.15) is 29.8 Å². The summed E-state index contributed by atoms with van der Waals surface area (Å²) >= 11 is 0. The van der Waals surface area contributed by atoms with Gasteiger partial charge in [-0.3, -0.25) is 4.79 Å². The molecule has 2 aromatic carbocycles. The first kappa shape index (κ1) is 14.8. The number of carbonyl (C=O) groups excluding carboxylic acids is 1. The van der Waals surface area contributed by atoms with Crippen molar-refractivity contribution in [1.82, 2.24) is 0 Å². The molecule has 0 unspecified atom stereocenters. The Morgan fingerprint density at radius 2 is 1.76 bits per heavy atom. The summed E-state index contributed by atoms with van der Waals surface area (Å²) in [5, 5.41) is 8.80. The van der Waals surface area contributed by atoms with E-state index in [2.05, 4.69) is 0 Å². The first-order chi connectivity index (χ1) is 9.94. The van der Waals surface area contributed by atoms with Crippen LogP contribution < -0.4 is 0 Å². The predicted octanol–water partition coefficient (Wildman–Crippen LogP) is 4.10. The molecule has 0 aromatic heterocycles. The molecular formula is C17H16O4. The predicted molar refractivity (Wildman–Crippen MR) is 79.4 cm³/mol. The maximum absolute atomic E-state index is 11.3. The molecule has 4 nitrogen and oxygen atoms in total. The Bertz CT molecular complexity index is 660. The summed E-state index contributed by atoms with van der Waals surface area (Å²) in [4.78, 5) is 22.1. The molecule has 2 rings (SSSR count). The zero-order valence-corrected chi connectivity index (χ0v) is 11.9. The number of rotatable bonds is 4. The van der Waals surface area contributed by atoms with Crippen LogP contribution in [0.4, 0.5) is 4.79 Å². The SMILES string of the molecule is CC(C)(OC(=O)O)c1ccc(-c2ccccc2)cc1C=O. The summed E-state index contributed by atoms with van der Waals surface area (Å²) in [6, 6.07) is 15.0. The minimum atomic E-state index is -1.37. The highest BCUT2D eigenvalue weighted by atomic mass is 16.7. The van der Waals surface area contributed by atoms with Crippen LogP contribution >= 0.6 is 0 Å². The van der Waals surface area contributed by atoms with Gasteiger partial charge in [0.15, 0.2) is 6.29 Å². The second-order valence-electron chi connectivity index (χ2n) is 5.16. The molecule has 2 aromatic rings. The van der Waals surface area contributed by atoms with E-state index in [4.69, 9.17) is 9.84 Å². The monoisotopic (exact) mass is 284 g/mol. The summed E-state index contributed by atoms with van der Waals surface area (Å²) in [5.41, 5.74) is 1.76. The second kappa shape index (κ2) is 5.79. The lowest BCUT2D eigenvalue weighted by atomic mass is 9.90. The third-order valence-electron chi connectivity index (χ3n) is 3.28. The Kier molecular flexibility index (Phi) is 4.08. The molecule has 0 bridgehead atoms. The van der Waals surface area contributed by atoms with E-state index >= 15 is 0 Å². The molecule has 1 N–H and O–H groups in total. The summed E-state index contributed by atoms with van der Waals surface area (Å²) < 4.78 is 4.87. The van der Waals surface area contributed by atoms with E-state index in [0.717, 1.165) is 11.1 Å². The molecule has 21 heavy (non-hydrogen) atoms. The topological polar surface area (TPSA) is 63.6 Å². The minimum absolute atomic E-state index is 0.419. The van der Waals surface area contributed by atoms with Crippen molar-refractivity contribution in [3.63, 3.8) is 0 Å². The molecule has 0 saturated carbocycles. The van der Waals surface area contributed by atoms with Gasteiger partial charge in [0.2, 0.25) is 0 Å². The van der Waals surface area contributed by atoms with Gasteiger partial charge >= 0.3 is 6.16 Å². The summed E-state index contributed by atoms with van der Waals surface area (Å²) in [5.74, 6) is 0. The van der Waals surface area contributed by atoms with Crippen molar-refractivity contribution in [1.29, 1.82) is 0 Å². The van der Waals surface area contributed by atoms with Crippen LogP contribution in [0.2, 0.25) is 0 Å². The van der Waals surface area contributed by atoms with Gasteiger partial charge in [0.25, 0.3) is 0 Å². The lowest BCUT2D eigenvalue weighted by Crippen LogP contribution is -2.26. The maximum Gasteiger partial charge on any atom is 0.506 e. The van der Waals surface area contributed by atoms with E-state index in [1.165, 1.54) is 0 Å². The normalized spacial score (nSPS) is 11.0. The number of hydrogen-bond acceptors (Lipinski definition) is 3. The van der Waals surface area contributed by atoms with Gasteiger partial charge in [0, 0.05) is 11.1 Å². The number of hydrogen-bond donors (Lipinski definition) is 1. The van der Waals surface area contributed by atoms with Crippen LogP contribution in [-0.2, 0) is 10.3 Å². The molecule has 0 fully saturated rings. The van der Waals surface area contributed by atoms with E-state index in [0.29, 0.717) is 17.4 Å². The van der Waals surface area contributed by atoms with Crippen molar-refractivity contribution in [3.05, 3.63) is 59.7 Å². The quantitative estimate of drug-likeness (QED) is 0.678. The first-order valence-electron chi connectivity index (χ1n) is 6.51. The van der Waals surface area contributed by atoms with Crippen LogP contribution in [-0.4, -0.2) is 17.5 Å². The molecule has 0 atom stereocenters. The van der Waals surface area contributed by atoms with Gasteiger partial charge in [0.1, 0.15) is 5.60 Å². The van der Waals surface area contributed by atoms with Gasteiger partial charge < -0.3 is 9.84 Å². The Balaban J connectivity index is 2.47. The molecule has 0 heterocycles. The number of carbonyl (C=O) groups is 2. The highest BCUT2D eigenvalue weighted by Gasteiger charge is 2.28. The minimum Gasteiger partial charge on any atom is -0.450 e. The Labute approximate surface area is 123 Å². The van der Waals surface area contributed by atoms with Gasteiger partial charge in [-0.05, 0) is 31.0 Å². The van der Waals surface area contributed by atoms with Gasteiger partial charge in [-0.1, -0.05) is 42.5 Å². The highest BCUT2D eigenvalue weighted by molar-refractivity contribution is 5.82. The summed E-state index contributed by atoms with van der Waals surface area (Å²) in [7, 11) is 0. The number of carboxylic acid groups (broad SMARTS) is 1. The molecule has 108 valence electrons. The average Bonchev–Trinajstić information content (AvgIpc) is 2.46. The van der Waals surface area contributed by atoms with Crippen LogP contribution in [0, 0.1) is 0 Å². The Hall–Kier alpha value is -2.62. The summed E-state index contributed by atoms with van der Waals surface area (Å²) in [6.07, 6.45) is -0.654. The molecular weight excluding hydrogens is 268 g/mol. The smallest absolute Gasteiger partial charge is 0.450 e. The fourth-order valence-electron chi connectivity index (χ4n) is 2.29. The number of ether oxygens (including phenoxy) is 1. The molecule has 0 amide bonds. The third kappa shape index (κ3) is 3.28. The summed E-state index contributed by atoms with van der Waals surface area (Å²) in [6.45, 7) is 3.23. The molecule has 0 saturated heterocycles. The van der Waals surface area contributed by atoms with E-state index in [1.54, 1.807) is 26.0 Å². The second-order valence-corrected chi connectivity index (χ2v) is 5.16. The number of benzene rings is 2. The molecule has 0 aliphatic rings. The molecule has 0 aliphatic heterocycles. The van der Waals surface area contributed by atoms with Crippen molar-refractivity contribution in [2.24, 2.45) is 0 Å². The lowest BCUT2D eigenvalue weighted by Gasteiger charge is -2.25. The van der Waals surface area contributed by atoms with Gasteiger partial charge in [0.05, 0.1) is 0 Å². The fourth-order valence-corrected chi connectivity index (χ4v) is 2.29. The molecule has 0 radical (unpaired) electrons. The van der Waals surface area contributed by atoms with E-state index < -0.39 is 11.8 Å². The van der Waals surface area contributed by atoms with Crippen molar-refractivity contribution >= 4 is 12.4 Å². The van der Waals surface area contributed by atoms with E-state index in [1.807, 2.05) is 36.4 Å². The Morgan fingerprint density at radius 3 is 2.33 bits per heavy atom. The molecule has 4 heteroatoms. The number of aldehydes is 1. The van der Waals surface area contributed by atoms with Gasteiger partial charge in [-0.2, -0.15) is 0 Å². The maximum atomic E-state index is 11.3. The van der Waals surface area contributed by atoms with Crippen molar-refractivity contribution in [3.8, 4) is 11.1 Å². The standard InChI is InChI=1S/C17H16O4/c1-17(2,21-16(19)20)15-9-8-13(10-14(15)11-18)12-6-4-3-5-7-12/h3-11H,1-2H3,(H,19,20). The zero-order valence-electron chi connectivity index (χ0n) is 11.9.